The van der Waals surface area contributed by atoms with Crippen LogP contribution in [0.2, 0.25) is 0 Å². The van der Waals surface area contributed by atoms with E-state index in [9.17, 15) is 53.7 Å². The molecule has 0 aliphatic carbocycles. The van der Waals surface area contributed by atoms with Gasteiger partial charge in [-0.3, -0.25) is 38.6 Å². The van der Waals surface area contributed by atoms with E-state index in [-0.39, 0.29) is 55.0 Å². The van der Waals surface area contributed by atoms with Crippen LogP contribution >= 0.6 is 11.8 Å². The molecule has 18 nitrogen and oxygen atoms in total. The number of carboxylic acids is 1. The van der Waals surface area contributed by atoms with Gasteiger partial charge in [0, 0.05) is 31.9 Å². The molecule has 5 rings (SSSR count). The zero-order valence-electron chi connectivity index (χ0n) is 26.2. The predicted molar refractivity (Wildman–Crippen MR) is 172 cm³/mol. The molecular weight excluding hydrogens is 678 g/mol. The summed E-state index contributed by atoms with van der Waals surface area (Å²) in [5.41, 5.74) is -2.67. The Bertz CT molecular complexity index is 1820. The second kappa shape index (κ2) is 14.2. The Morgan fingerprint density at radius 1 is 1.02 bits per heavy atom. The molecule has 19 heteroatoms. The van der Waals surface area contributed by atoms with Crippen molar-refractivity contribution in [3.63, 3.8) is 0 Å². The van der Waals surface area contributed by atoms with Crippen molar-refractivity contribution in [3.05, 3.63) is 70.9 Å². The van der Waals surface area contributed by atoms with E-state index in [1.54, 1.807) is 25.1 Å². The van der Waals surface area contributed by atoms with Crippen LogP contribution in [0.5, 0.6) is 11.5 Å². The van der Waals surface area contributed by atoms with Gasteiger partial charge >= 0.3 is 23.8 Å². The van der Waals surface area contributed by atoms with Crippen molar-refractivity contribution in [2.45, 2.75) is 24.0 Å². The fourth-order valence-corrected chi connectivity index (χ4v) is 7.14. The normalized spacial score (nSPS) is 20.7. The van der Waals surface area contributed by atoms with Crippen LogP contribution in [-0.4, -0.2) is 121 Å². The lowest BCUT2D eigenvalue weighted by atomic mass is 9.94. The summed E-state index contributed by atoms with van der Waals surface area (Å²) in [6, 6.07) is 8.85. The number of nitrogens with zero attached hydrogens (tertiary/aromatic N) is 3. The van der Waals surface area contributed by atoms with E-state index in [2.05, 4.69) is 21.3 Å². The van der Waals surface area contributed by atoms with Crippen LogP contribution in [0.3, 0.4) is 0 Å². The smallest absolute Gasteiger partial charge is 0.352 e. The monoisotopic (exact) mass is 709 g/mol. The summed E-state index contributed by atoms with van der Waals surface area (Å²) in [7, 11) is 0. The van der Waals surface area contributed by atoms with Crippen LogP contribution < -0.4 is 21.3 Å². The number of phenols is 2. The molecule has 0 bridgehead atoms. The quantitative estimate of drug-likeness (QED) is 0.0477. The lowest BCUT2D eigenvalue weighted by molar-refractivity contribution is -0.163. The van der Waals surface area contributed by atoms with Crippen LogP contribution in [0.25, 0.3) is 0 Å². The van der Waals surface area contributed by atoms with Gasteiger partial charge in [-0.05, 0) is 30.2 Å². The van der Waals surface area contributed by atoms with Crippen molar-refractivity contribution in [3.8, 4) is 11.5 Å². The second-order valence-corrected chi connectivity index (χ2v) is 12.2. The summed E-state index contributed by atoms with van der Waals surface area (Å²) in [4.78, 5) is 106. The number of benzene rings is 2. The van der Waals surface area contributed by atoms with E-state index in [1.165, 1.54) is 29.2 Å². The molecule has 2 fully saturated rings. The molecule has 2 saturated heterocycles. The zero-order valence-corrected chi connectivity index (χ0v) is 27.1. The Balaban J connectivity index is 1.38. The van der Waals surface area contributed by atoms with Crippen molar-refractivity contribution in [1.29, 1.82) is 0 Å². The highest BCUT2D eigenvalue weighted by molar-refractivity contribution is 8.00. The van der Waals surface area contributed by atoms with E-state index in [0.29, 0.717) is 4.90 Å². The number of phenolic OH excluding ortho intramolecular Hbond substituents is 2. The number of carbonyl (C=O) groups excluding carboxylic acids is 7. The molecule has 262 valence electrons. The summed E-state index contributed by atoms with van der Waals surface area (Å²) in [5, 5.41) is 38.2. The molecule has 7 N–H and O–H groups in total. The number of carbonyl (C=O) groups is 8. The number of piperazine rings is 1. The number of likely N-dealkylation sites (N-methyl/N-ethyl adjacent to an activating group) is 1. The molecule has 8 amide bonds. The summed E-state index contributed by atoms with van der Waals surface area (Å²) in [6.45, 7) is 1.49. The molecule has 0 aromatic heterocycles. The van der Waals surface area contributed by atoms with Gasteiger partial charge in [-0.25, -0.2) is 9.59 Å². The fourth-order valence-electron chi connectivity index (χ4n) is 5.71. The molecule has 0 spiro atoms. The highest BCUT2D eigenvalue weighted by Gasteiger charge is 2.66. The number of aromatic hydroxyl groups is 2. The van der Waals surface area contributed by atoms with Crippen molar-refractivity contribution >= 4 is 59.7 Å². The zero-order chi connectivity index (χ0) is 36.3. The fraction of sp³-hybridized carbons (Fsp3) is 0.290. The van der Waals surface area contributed by atoms with Crippen LogP contribution in [0.4, 0.5) is 4.79 Å². The summed E-state index contributed by atoms with van der Waals surface area (Å²) in [5.74, 6) is -7.75. The maximum atomic E-state index is 13.9. The lowest BCUT2D eigenvalue weighted by Crippen LogP contribution is -2.85. The number of hydrogen-bond acceptors (Lipinski definition) is 11. The minimum atomic E-state index is -2.18. The Morgan fingerprint density at radius 2 is 1.74 bits per heavy atom. The average molecular weight is 710 g/mol. The molecule has 3 heterocycles. The van der Waals surface area contributed by atoms with Crippen LogP contribution in [-0.2, 0) is 28.8 Å². The molecule has 3 aliphatic rings. The number of urea groups is 1. The minimum absolute atomic E-state index is 0.0791. The lowest BCUT2D eigenvalue weighted by Gasteiger charge is -2.56. The summed E-state index contributed by atoms with van der Waals surface area (Å²) >= 11 is 0.960. The standard InChI is InChI=1S/C31H31N7O11S/c1-2-36-11-12-37(26(45)25(36)44)30(49)34-20(16-7-4-3-5-8-16)24(43)35-31(33-15-39)28(48)38-21(27(46)47)17(14-50-29(31)38)13-32-23(42)18-9-6-10-19(40)22(18)41/h3-10,15,20,29,40-41H,2,11-14H2,1H3,(H,32,42)(H,33,39)(H,34,49)(H,35,43)(H,46,47)/t20-,29-,31-/m1/s1. The van der Waals surface area contributed by atoms with Crippen molar-refractivity contribution < 1.29 is 53.7 Å². The molecule has 3 atom stereocenters. The SMILES string of the molecule is CCN1CCN(C(=O)N[C@@H](C(=O)N[C@]2(NC=O)C(=O)N3C(C(=O)O)=C(CNC(=O)c4cccc(O)c4O)CS[C@@H]32)c2ccccc2)C(=O)C1=O. The molecule has 0 unspecified atom stereocenters. The minimum Gasteiger partial charge on any atom is -0.504 e. The highest BCUT2D eigenvalue weighted by atomic mass is 32.2. The summed E-state index contributed by atoms with van der Waals surface area (Å²) < 4.78 is 0. The number of imide groups is 1. The Kier molecular flexibility index (Phi) is 9.97. The molecular formula is C31H31N7O11S. The van der Waals surface area contributed by atoms with Crippen LogP contribution in [0.15, 0.2) is 59.8 Å². The number of aliphatic carboxylic acids is 1. The average Bonchev–Trinajstić information content (AvgIpc) is 3.11. The molecule has 50 heavy (non-hydrogen) atoms. The predicted octanol–water partition coefficient (Wildman–Crippen LogP) is -1.22. The number of para-hydroxylation sites is 1. The van der Waals surface area contributed by atoms with Crippen LogP contribution in [0, 0.1) is 0 Å². The third-order valence-electron chi connectivity index (χ3n) is 8.28. The van der Waals surface area contributed by atoms with Crippen LogP contribution in [0.1, 0.15) is 28.9 Å². The first-order valence-corrected chi connectivity index (χ1v) is 16.1. The van der Waals surface area contributed by atoms with E-state index >= 15 is 0 Å². The Labute approximate surface area is 287 Å². The number of thioether (sulfide) groups is 1. The molecule has 0 saturated carbocycles. The topological polar surface area (TPSA) is 255 Å². The Morgan fingerprint density at radius 3 is 2.40 bits per heavy atom. The largest absolute Gasteiger partial charge is 0.504 e. The Hall–Kier alpha value is -6.11. The van der Waals surface area contributed by atoms with Gasteiger partial charge in [0.2, 0.25) is 18.0 Å². The van der Waals surface area contributed by atoms with E-state index in [0.717, 1.165) is 22.7 Å². The van der Waals surface area contributed by atoms with Gasteiger partial charge in [0.1, 0.15) is 17.1 Å². The van der Waals surface area contributed by atoms with Crippen molar-refractivity contribution in [2.75, 3.05) is 31.9 Å². The molecule has 2 aromatic rings. The molecule has 2 aromatic carbocycles. The van der Waals surface area contributed by atoms with Gasteiger partial charge < -0.3 is 41.5 Å². The maximum absolute atomic E-state index is 13.9. The maximum Gasteiger partial charge on any atom is 0.352 e. The van der Waals surface area contributed by atoms with E-state index in [1.807, 2.05) is 0 Å². The van der Waals surface area contributed by atoms with Crippen molar-refractivity contribution in [2.24, 2.45) is 0 Å². The molecule has 3 aliphatic heterocycles. The highest BCUT2D eigenvalue weighted by Crippen LogP contribution is 2.45. The number of nitrogens with one attached hydrogen (secondary N) is 4. The number of hydrogen-bond donors (Lipinski definition) is 7. The number of carboxylic acid groups (broad SMARTS) is 1. The number of β-lactam (4-membered cyclic amide) rings is 1. The second-order valence-electron chi connectivity index (χ2n) is 11.1. The first kappa shape index (κ1) is 35.2. The van der Waals surface area contributed by atoms with E-state index < -0.39 is 75.8 Å². The number of fused-ring (bicyclic) bond motifs is 1. The van der Waals surface area contributed by atoms with Gasteiger partial charge in [0.25, 0.3) is 11.8 Å². The third-order valence-corrected chi connectivity index (χ3v) is 9.68. The summed E-state index contributed by atoms with van der Waals surface area (Å²) in [6.07, 6.45) is 0.144. The van der Waals surface area contributed by atoms with Gasteiger partial charge in [0.05, 0.1) is 5.56 Å². The van der Waals surface area contributed by atoms with Gasteiger partial charge in [-0.1, -0.05) is 36.4 Å². The molecule has 0 radical (unpaired) electrons. The first-order valence-electron chi connectivity index (χ1n) is 15.1. The van der Waals surface area contributed by atoms with Crippen molar-refractivity contribution in [1.82, 2.24) is 36.0 Å². The van der Waals surface area contributed by atoms with Gasteiger partial charge in [-0.15, -0.1) is 11.8 Å². The van der Waals surface area contributed by atoms with E-state index in [4.69, 9.17) is 0 Å². The first-order chi connectivity index (χ1) is 23.9. The van der Waals surface area contributed by atoms with Gasteiger partial charge in [0.15, 0.2) is 11.5 Å². The number of rotatable bonds is 11. The van der Waals surface area contributed by atoms with Gasteiger partial charge in [-0.2, -0.15) is 0 Å². The number of amides is 8. The third kappa shape index (κ3) is 6.25.